The highest BCUT2D eigenvalue weighted by Gasteiger charge is 2.23. The van der Waals surface area contributed by atoms with Crippen LogP contribution in [0.3, 0.4) is 0 Å². The fourth-order valence-electron chi connectivity index (χ4n) is 3.34. The lowest BCUT2D eigenvalue weighted by Gasteiger charge is -2.20. The summed E-state index contributed by atoms with van der Waals surface area (Å²) in [5.74, 6) is 0. The molecule has 4 rings (SSSR count). The summed E-state index contributed by atoms with van der Waals surface area (Å²) in [6.07, 6.45) is 8.38. The summed E-state index contributed by atoms with van der Waals surface area (Å²) < 4.78 is 30.4. The van der Waals surface area contributed by atoms with Crippen LogP contribution in [0.4, 0.5) is 0 Å². The Morgan fingerprint density at radius 2 is 1.85 bits per heavy atom. The molecular formula is C21H21N3O2S. The number of sulfonamides is 1. The lowest BCUT2D eigenvalue weighted by molar-refractivity contribution is 0.571. The zero-order chi connectivity index (χ0) is 18.9. The normalized spacial score (nSPS) is 15.1. The predicted octanol–water partition coefficient (Wildman–Crippen LogP) is 3.84. The van der Waals surface area contributed by atoms with Gasteiger partial charge < -0.3 is 4.57 Å². The zero-order valence-electron chi connectivity index (χ0n) is 15.0. The van der Waals surface area contributed by atoms with Crippen molar-refractivity contribution < 1.29 is 8.42 Å². The molecule has 2 aromatic carbocycles. The zero-order valence-corrected chi connectivity index (χ0v) is 15.9. The molecule has 0 aliphatic heterocycles. The van der Waals surface area contributed by atoms with Crippen molar-refractivity contribution in [3.63, 3.8) is 0 Å². The van der Waals surface area contributed by atoms with Crippen molar-refractivity contribution in [3.8, 4) is 5.69 Å². The summed E-state index contributed by atoms with van der Waals surface area (Å²) in [5, 5.41) is 0. The molecule has 27 heavy (non-hydrogen) atoms. The molecule has 6 heteroatoms. The van der Waals surface area contributed by atoms with E-state index in [1.807, 2.05) is 66.2 Å². The van der Waals surface area contributed by atoms with E-state index in [9.17, 15) is 8.42 Å². The molecule has 1 aliphatic rings. The van der Waals surface area contributed by atoms with Crippen molar-refractivity contribution in [2.24, 2.45) is 0 Å². The van der Waals surface area contributed by atoms with Gasteiger partial charge in [-0.05, 0) is 54.7 Å². The van der Waals surface area contributed by atoms with E-state index in [-0.39, 0.29) is 6.04 Å². The first-order valence-corrected chi connectivity index (χ1v) is 10.4. The molecule has 3 aromatic rings. The second-order valence-corrected chi connectivity index (χ2v) is 8.48. The topological polar surface area (TPSA) is 64.0 Å². The Bertz CT molecular complexity index is 1070. The number of hydrogen-bond acceptors (Lipinski definition) is 3. The van der Waals surface area contributed by atoms with Gasteiger partial charge in [-0.25, -0.2) is 18.1 Å². The fraction of sp³-hybridized carbons (Fsp3) is 0.190. The Balaban J connectivity index is 1.52. The Labute approximate surface area is 159 Å². The minimum atomic E-state index is -3.53. The quantitative estimate of drug-likeness (QED) is 0.733. The van der Waals surface area contributed by atoms with Gasteiger partial charge in [-0.3, -0.25) is 0 Å². The van der Waals surface area contributed by atoms with Gasteiger partial charge in [0.25, 0.3) is 0 Å². The number of hydrogen-bond donors (Lipinski definition) is 1. The Kier molecular flexibility index (Phi) is 4.68. The fourth-order valence-corrected chi connectivity index (χ4v) is 4.75. The molecule has 1 heterocycles. The highest BCUT2D eigenvalue weighted by Crippen LogP contribution is 2.28. The number of nitrogens with zero attached hydrogens (tertiary/aromatic N) is 2. The molecule has 0 radical (unpaired) electrons. The van der Waals surface area contributed by atoms with E-state index in [1.54, 1.807) is 18.6 Å². The number of aromatic nitrogens is 2. The summed E-state index contributed by atoms with van der Waals surface area (Å²) >= 11 is 0. The van der Waals surface area contributed by atoms with E-state index in [0.29, 0.717) is 11.3 Å². The van der Waals surface area contributed by atoms with E-state index < -0.39 is 10.0 Å². The second kappa shape index (κ2) is 7.13. The first kappa shape index (κ1) is 17.7. The van der Waals surface area contributed by atoms with Crippen LogP contribution in [-0.2, 0) is 16.4 Å². The molecule has 1 aliphatic carbocycles. The molecule has 1 atom stereocenters. The Morgan fingerprint density at radius 1 is 1.07 bits per heavy atom. The SMILES string of the molecule is CC(NS(=O)(=O)C1=Cc2ccccc2CC1)c1ccc(-n2ccnc2)cc1. The summed E-state index contributed by atoms with van der Waals surface area (Å²) in [5.41, 5.74) is 4.08. The number of nitrogens with one attached hydrogen (secondary N) is 1. The first-order valence-electron chi connectivity index (χ1n) is 8.92. The summed E-state index contributed by atoms with van der Waals surface area (Å²) in [6, 6.07) is 15.4. The van der Waals surface area contributed by atoms with Gasteiger partial charge in [-0.15, -0.1) is 0 Å². The van der Waals surface area contributed by atoms with E-state index in [0.717, 1.165) is 23.2 Å². The molecule has 1 aromatic heterocycles. The third-order valence-electron chi connectivity index (χ3n) is 4.89. The molecule has 1 unspecified atom stereocenters. The van der Waals surface area contributed by atoms with Crippen LogP contribution in [0.15, 0.2) is 72.2 Å². The Hall–Kier alpha value is -2.70. The maximum Gasteiger partial charge on any atom is 0.237 e. The number of imidazole rings is 1. The maximum atomic E-state index is 12.8. The van der Waals surface area contributed by atoms with Gasteiger partial charge in [0, 0.05) is 24.1 Å². The predicted molar refractivity (Wildman–Crippen MR) is 107 cm³/mol. The minimum absolute atomic E-state index is 0.315. The average molecular weight is 379 g/mol. The van der Waals surface area contributed by atoms with Crippen LogP contribution in [0.2, 0.25) is 0 Å². The van der Waals surface area contributed by atoms with Crippen LogP contribution in [0.5, 0.6) is 0 Å². The third kappa shape index (κ3) is 3.72. The van der Waals surface area contributed by atoms with Crippen molar-refractivity contribution in [2.75, 3.05) is 0 Å². The van der Waals surface area contributed by atoms with E-state index >= 15 is 0 Å². The van der Waals surface area contributed by atoms with Crippen LogP contribution in [0, 0.1) is 0 Å². The van der Waals surface area contributed by atoms with E-state index in [2.05, 4.69) is 9.71 Å². The van der Waals surface area contributed by atoms with Gasteiger partial charge >= 0.3 is 0 Å². The standard InChI is InChI=1S/C21H21N3O2S/c1-16(17-6-9-20(10-7-17)24-13-12-22-15-24)23-27(25,26)21-11-8-18-4-2-3-5-19(18)14-21/h2-7,9-10,12-16,23H,8,11H2,1H3. The molecule has 0 amide bonds. The van der Waals surface area contributed by atoms with Crippen molar-refractivity contribution in [2.45, 2.75) is 25.8 Å². The van der Waals surface area contributed by atoms with Crippen LogP contribution in [0.25, 0.3) is 11.8 Å². The van der Waals surface area contributed by atoms with Crippen LogP contribution >= 0.6 is 0 Å². The van der Waals surface area contributed by atoms with E-state index in [4.69, 9.17) is 0 Å². The molecular weight excluding hydrogens is 358 g/mol. The maximum absolute atomic E-state index is 12.8. The van der Waals surface area contributed by atoms with Crippen LogP contribution in [0.1, 0.15) is 36.1 Å². The molecule has 1 N–H and O–H groups in total. The number of allylic oxidation sites excluding steroid dienone is 1. The Morgan fingerprint density at radius 3 is 2.59 bits per heavy atom. The van der Waals surface area contributed by atoms with Gasteiger partial charge in [0.05, 0.1) is 11.2 Å². The smallest absolute Gasteiger partial charge is 0.237 e. The lowest BCUT2D eigenvalue weighted by atomic mass is 9.98. The van der Waals surface area contributed by atoms with Gasteiger partial charge in [-0.2, -0.15) is 0 Å². The van der Waals surface area contributed by atoms with Crippen molar-refractivity contribution in [3.05, 3.63) is 88.8 Å². The molecule has 0 saturated carbocycles. The van der Waals surface area contributed by atoms with Gasteiger partial charge in [0.1, 0.15) is 0 Å². The lowest BCUT2D eigenvalue weighted by Crippen LogP contribution is -2.28. The number of rotatable bonds is 5. The van der Waals surface area contributed by atoms with Crippen molar-refractivity contribution in [1.82, 2.24) is 14.3 Å². The molecule has 0 saturated heterocycles. The first-order chi connectivity index (χ1) is 13.0. The monoisotopic (exact) mass is 379 g/mol. The van der Waals surface area contributed by atoms with Crippen molar-refractivity contribution >= 4 is 16.1 Å². The van der Waals surface area contributed by atoms with Gasteiger partial charge in [0.15, 0.2) is 0 Å². The summed E-state index contributed by atoms with van der Waals surface area (Å²) in [6.45, 7) is 1.86. The summed E-state index contributed by atoms with van der Waals surface area (Å²) in [7, 11) is -3.53. The average Bonchev–Trinajstić information content (AvgIpc) is 3.22. The van der Waals surface area contributed by atoms with Gasteiger partial charge in [-0.1, -0.05) is 36.4 Å². The highest BCUT2D eigenvalue weighted by molar-refractivity contribution is 7.93. The molecule has 0 spiro atoms. The number of benzene rings is 2. The van der Waals surface area contributed by atoms with Crippen molar-refractivity contribution in [1.29, 1.82) is 0 Å². The second-order valence-electron chi connectivity index (χ2n) is 6.71. The number of fused-ring (bicyclic) bond motifs is 1. The molecule has 138 valence electrons. The third-order valence-corrected chi connectivity index (χ3v) is 6.56. The molecule has 0 fully saturated rings. The minimum Gasteiger partial charge on any atom is -0.306 e. The van der Waals surface area contributed by atoms with Crippen LogP contribution in [-0.4, -0.2) is 18.0 Å². The van der Waals surface area contributed by atoms with Gasteiger partial charge in [0.2, 0.25) is 10.0 Å². The van der Waals surface area contributed by atoms with Crippen LogP contribution < -0.4 is 4.72 Å². The highest BCUT2D eigenvalue weighted by atomic mass is 32.2. The largest absolute Gasteiger partial charge is 0.306 e. The van der Waals surface area contributed by atoms with E-state index in [1.165, 1.54) is 5.56 Å². The number of aryl methyl sites for hydroxylation is 1. The molecule has 0 bridgehead atoms. The molecule has 5 nitrogen and oxygen atoms in total. The summed E-state index contributed by atoms with van der Waals surface area (Å²) in [4.78, 5) is 4.48.